The van der Waals surface area contributed by atoms with Gasteiger partial charge in [-0.1, -0.05) is 12.1 Å². The minimum Gasteiger partial charge on any atom is -0.338 e. The molecule has 1 saturated carbocycles. The van der Waals surface area contributed by atoms with Crippen LogP contribution in [0.4, 0.5) is 10.3 Å². The second kappa shape index (κ2) is 8.00. The lowest BCUT2D eigenvalue weighted by Crippen LogP contribution is -2.51. The summed E-state index contributed by atoms with van der Waals surface area (Å²) in [5.41, 5.74) is 1.04. The summed E-state index contributed by atoms with van der Waals surface area (Å²) < 4.78 is 13.1. The Labute approximate surface area is 158 Å². The highest BCUT2D eigenvalue weighted by Crippen LogP contribution is 2.28. The predicted octanol–water partition coefficient (Wildman–Crippen LogP) is 1.93. The van der Waals surface area contributed by atoms with E-state index >= 15 is 0 Å². The first-order valence-corrected chi connectivity index (χ1v) is 9.47. The number of halogens is 1. The van der Waals surface area contributed by atoms with Crippen molar-refractivity contribution in [2.75, 3.05) is 37.6 Å². The molecule has 0 spiro atoms. The van der Waals surface area contributed by atoms with Crippen LogP contribution in [-0.4, -0.2) is 64.4 Å². The van der Waals surface area contributed by atoms with Gasteiger partial charge in [0.05, 0.1) is 6.54 Å². The van der Waals surface area contributed by atoms with Gasteiger partial charge in [-0.3, -0.25) is 9.69 Å². The molecule has 2 heterocycles. The number of amides is 1. The van der Waals surface area contributed by atoms with Crippen molar-refractivity contribution in [3.8, 4) is 0 Å². The fourth-order valence-electron chi connectivity index (χ4n) is 3.46. The van der Waals surface area contributed by atoms with Crippen LogP contribution in [0.25, 0.3) is 0 Å². The zero-order chi connectivity index (χ0) is 18.6. The number of hydrogen-bond acceptors (Lipinski definition) is 5. The van der Waals surface area contributed by atoms with E-state index < -0.39 is 0 Å². The molecule has 2 fully saturated rings. The Hall–Kier alpha value is -2.54. The number of carbonyl (C=O) groups is 1. The van der Waals surface area contributed by atoms with Gasteiger partial charge in [-0.15, -0.1) is 0 Å². The van der Waals surface area contributed by atoms with Crippen LogP contribution in [0.3, 0.4) is 0 Å². The van der Waals surface area contributed by atoms with Crippen molar-refractivity contribution in [3.63, 3.8) is 0 Å². The first kappa shape index (κ1) is 17.9. The molecule has 2 aromatic rings. The molecule has 1 aliphatic carbocycles. The first-order chi connectivity index (χ1) is 13.2. The van der Waals surface area contributed by atoms with Crippen LogP contribution in [0.5, 0.6) is 0 Å². The third-order valence-electron chi connectivity index (χ3n) is 5.17. The highest BCUT2D eigenvalue weighted by atomic mass is 19.1. The van der Waals surface area contributed by atoms with E-state index in [0.29, 0.717) is 32.2 Å². The summed E-state index contributed by atoms with van der Waals surface area (Å²) in [6.45, 7) is 3.98. The number of aromatic nitrogens is 2. The number of rotatable bonds is 6. The number of piperazine rings is 1. The lowest BCUT2D eigenvalue weighted by molar-refractivity contribution is -0.133. The average Bonchev–Trinajstić information content (AvgIpc) is 3.55. The zero-order valence-corrected chi connectivity index (χ0v) is 15.3. The van der Waals surface area contributed by atoms with E-state index in [1.165, 1.54) is 12.1 Å². The Morgan fingerprint density at radius 1 is 1.07 bits per heavy atom. The van der Waals surface area contributed by atoms with Crippen LogP contribution in [0.15, 0.2) is 42.7 Å². The molecule has 1 aromatic carbocycles. The lowest BCUT2D eigenvalue weighted by atomic mass is 10.2. The Morgan fingerprint density at radius 3 is 2.37 bits per heavy atom. The summed E-state index contributed by atoms with van der Waals surface area (Å²) in [6.07, 6.45) is 5.74. The maximum atomic E-state index is 13.1. The molecule has 7 heteroatoms. The third-order valence-corrected chi connectivity index (χ3v) is 5.17. The normalized spacial score (nSPS) is 17.4. The number of carbonyl (C=O) groups excluding carboxylic acids is 1. The van der Waals surface area contributed by atoms with Crippen LogP contribution in [0, 0.1) is 5.82 Å². The van der Waals surface area contributed by atoms with E-state index in [0.717, 1.165) is 37.4 Å². The summed E-state index contributed by atoms with van der Waals surface area (Å²) in [7, 11) is 0. The van der Waals surface area contributed by atoms with Crippen LogP contribution >= 0.6 is 0 Å². The summed E-state index contributed by atoms with van der Waals surface area (Å²) in [5.74, 6) is 0.659. The Bertz CT molecular complexity index is 758. The largest absolute Gasteiger partial charge is 0.338 e. The smallest absolute Gasteiger partial charge is 0.236 e. The van der Waals surface area contributed by atoms with Crippen molar-refractivity contribution in [1.82, 2.24) is 19.8 Å². The molecule has 0 radical (unpaired) electrons. The molecular weight excluding hydrogens is 345 g/mol. The van der Waals surface area contributed by atoms with Crippen molar-refractivity contribution in [1.29, 1.82) is 0 Å². The molecule has 1 saturated heterocycles. The standard InChI is InChI=1S/C20H24FN5O/c21-17-4-2-16(3-5-17)14-26(18-6-7-18)15-19(27)24-10-12-25(13-11-24)20-22-8-1-9-23-20/h1-5,8-9,18H,6-7,10-15H2. The summed E-state index contributed by atoms with van der Waals surface area (Å²) in [6, 6.07) is 8.83. The molecule has 1 aromatic heterocycles. The Balaban J connectivity index is 1.31. The van der Waals surface area contributed by atoms with Crippen molar-refractivity contribution in [2.24, 2.45) is 0 Å². The second-order valence-electron chi connectivity index (χ2n) is 7.18. The molecule has 27 heavy (non-hydrogen) atoms. The van der Waals surface area contributed by atoms with E-state index in [1.807, 2.05) is 4.90 Å². The number of hydrogen-bond donors (Lipinski definition) is 0. The molecule has 1 amide bonds. The Kier molecular flexibility index (Phi) is 5.29. The minimum atomic E-state index is -0.229. The fourth-order valence-corrected chi connectivity index (χ4v) is 3.46. The summed E-state index contributed by atoms with van der Waals surface area (Å²) in [4.78, 5) is 27.6. The van der Waals surface area contributed by atoms with Gasteiger partial charge in [-0.2, -0.15) is 0 Å². The molecule has 1 aliphatic heterocycles. The van der Waals surface area contributed by atoms with Gasteiger partial charge >= 0.3 is 0 Å². The predicted molar refractivity (Wildman–Crippen MR) is 101 cm³/mol. The molecule has 6 nitrogen and oxygen atoms in total. The van der Waals surface area contributed by atoms with Gasteiger partial charge in [0, 0.05) is 51.2 Å². The van der Waals surface area contributed by atoms with Crippen LogP contribution in [0.2, 0.25) is 0 Å². The van der Waals surface area contributed by atoms with Gasteiger partial charge in [-0.25, -0.2) is 14.4 Å². The topological polar surface area (TPSA) is 52.6 Å². The monoisotopic (exact) mass is 369 g/mol. The third kappa shape index (κ3) is 4.60. The average molecular weight is 369 g/mol. The van der Waals surface area contributed by atoms with Gasteiger partial charge in [0.1, 0.15) is 5.82 Å². The van der Waals surface area contributed by atoms with E-state index in [9.17, 15) is 9.18 Å². The number of anilines is 1. The highest BCUT2D eigenvalue weighted by molar-refractivity contribution is 5.78. The van der Waals surface area contributed by atoms with Gasteiger partial charge in [0.25, 0.3) is 0 Å². The molecule has 4 rings (SSSR count). The molecule has 0 N–H and O–H groups in total. The second-order valence-corrected chi connectivity index (χ2v) is 7.18. The molecule has 0 unspecified atom stereocenters. The van der Waals surface area contributed by atoms with Crippen molar-refractivity contribution >= 4 is 11.9 Å². The lowest BCUT2D eigenvalue weighted by Gasteiger charge is -2.35. The van der Waals surface area contributed by atoms with E-state index in [2.05, 4.69) is 19.8 Å². The first-order valence-electron chi connectivity index (χ1n) is 9.47. The molecule has 142 valence electrons. The van der Waals surface area contributed by atoms with Gasteiger partial charge in [-0.05, 0) is 36.6 Å². The van der Waals surface area contributed by atoms with Crippen molar-refractivity contribution < 1.29 is 9.18 Å². The van der Waals surface area contributed by atoms with Crippen LogP contribution < -0.4 is 4.90 Å². The zero-order valence-electron chi connectivity index (χ0n) is 15.3. The maximum absolute atomic E-state index is 13.1. The van der Waals surface area contributed by atoms with E-state index in [4.69, 9.17) is 0 Å². The van der Waals surface area contributed by atoms with E-state index in [-0.39, 0.29) is 11.7 Å². The van der Waals surface area contributed by atoms with Crippen molar-refractivity contribution in [2.45, 2.75) is 25.4 Å². The maximum Gasteiger partial charge on any atom is 0.236 e. The molecular formula is C20H24FN5O. The fraction of sp³-hybridized carbons (Fsp3) is 0.450. The SMILES string of the molecule is O=C(CN(Cc1ccc(F)cc1)C1CC1)N1CCN(c2ncccn2)CC1. The van der Waals surface area contributed by atoms with E-state index in [1.54, 1.807) is 30.6 Å². The van der Waals surface area contributed by atoms with Crippen LogP contribution in [0.1, 0.15) is 18.4 Å². The van der Waals surface area contributed by atoms with Gasteiger partial charge in [0.2, 0.25) is 11.9 Å². The number of nitrogens with zero attached hydrogens (tertiary/aromatic N) is 5. The van der Waals surface area contributed by atoms with Crippen molar-refractivity contribution in [3.05, 3.63) is 54.1 Å². The summed E-state index contributed by atoms with van der Waals surface area (Å²) in [5, 5.41) is 0. The summed E-state index contributed by atoms with van der Waals surface area (Å²) >= 11 is 0. The van der Waals surface area contributed by atoms with Crippen LogP contribution in [-0.2, 0) is 11.3 Å². The number of benzene rings is 1. The molecule has 0 atom stereocenters. The highest BCUT2D eigenvalue weighted by Gasteiger charge is 2.32. The molecule has 2 aliphatic rings. The molecule has 0 bridgehead atoms. The van der Waals surface area contributed by atoms with Gasteiger partial charge < -0.3 is 9.80 Å². The minimum absolute atomic E-state index is 0.164. The van der Waals surface area contributed by atoms with Gasteiger partial charge in [0.15, 0.2) is 0 Å². The Morgan fingerprint density at radius 2 is 1.74 bits per heavy atom. The quantitative estimate of drug-likeness (QED) is 0.779.